The van der Waals surface area contributed by atoms with Crippen molar-refractivity contribution in [2.45, 2.75) is 12.2 Å². The summed E-state index contributed by atoms with van der Waals surface area (Å²) in [6.45, 7) is 4.26. The van der Waals surface area contributed by atoms with Gasteiger partial charge in [-0.2, -0.15) is 11.8 Å². The van der Waals surface area contributed by atoms with Gasteiger partial charge in [0.2, 0.25) is 0 Å². The predicted molar refractivity (Wildman–Crippen MR) is 70.8 cm³/mol. The van der Waals surface area contributed by atoms with Gasteiger partial charge in [0.1, 0.15) is 0 Å². The number of amides is 1. The Morgan fingerprint density at radius 3 is 2.69 bits per heavy atom. The molecule has 0 fully saturated rings. The summed E-state index contributed by atoms with van der Waals surface area (Å²) in [6.07, 6.45) is 4.66. The van der Waals surface area contributed by atoms with E-state index in [0.717, 1.165) is 12.2 Å². The van der Waals surface area contributed by atoms with Crippen LogP contribution in [0.2, 0.25) is 0 Å². The Morgan fingerprint density at radius 2 is 2.12 bits per heavy atom. The molecule has 0 aliphatic rings. The Bertz CT molecular complexity index is 345. The fourth-order valence-electron chi connectivity index (χ4n) is 1.31. The van der Waals surface area contributed by atoms with Gasteiger partial charge in [0.25, 0.3) is 5.91 Å². The average Bonchev–Trinajstić information content (AvgIpc) is 2.30. The molecule has 0 unspecified atom stereocenters. The lowest BCUT2D eigenvalue weighted by molar-refractivity contribution is 0.0954. The maximum absolute atomic E-state index is 11.6. The normalized spacial score (nSPS) is 9.81. The van der Waals surface area contributed by atoms with E-state index in [1.54, 1.807) is 17.8 Å². The fourth-order valence-corrected chi connectivity index (χ4v) is 1.83. The zero-order chi connectivity index (χ0) is 11.8. The van der Waals surface area contributed by atoms with E-state index in [4.69, 9.17) is 0 Å². The van der Waals surface area contributed by atoms with Crippen LogP contribution >= 0.6 is 11.8 Å². The van der Waals surface area contributed by atoms with Crippen molar-refractivity contribution in [2.24, 2.45) is 0 Å². The summed E-state index contributed by atoms with van der Waals surface area (Å²) >= 11 is 1.77. The first-order chi connectivity index (χ1) is 7.77. The number of carbonyl (C=O) groups excluding carboxylic acids is 1. The average molecular weight is 235 g/mol. The van der Waals surface area contributed by atoms with Crippen LogP contribution in [0, 0.1) is 0 Å². The van der Waals surface area contributed by atoms with E-state index in [2.05, 4.69) is 18.2 Å². The summed E-state index contributed by atoms with van der Waals surface area (Å²) in [5, 5.41) is 2.84. The summed E-state index contributed by atoms with van der Waals surface area (Å²) < 4.78 is 0. The largest absolute Gasteiger partial charge is 0.352 e. The molecule has 1 aromatic carbocycles. The molecule has 0 aliphatic heterocycles. The van der Waals surface area contributed by atoms with E-state index in [1.807, 2.05) is 24.3 Å². The van der Waals surface area contributed by atoms with Gasteiger partial charge in [0.15, 0.2) is 0 Å². The minimum absolute atomic E-state index is 0.0162. The molecule has 16 heavy (non-hydrogen) atoms. The third kappa shape index (κ3) is 4.11. The van der Waals surface area contributed by atoms with Crippen molar-refractivity contribution in [1.82, 2.24) is 5.32 Å². The van der Waals surface area contributed by atoms with Gasteiger partial charge in [-0.1, -0.05) is 18.2 Å². The topological polar surface area (TPSA) is 29.1 Å². The van der Waals surface area contributed by atoms with E-state index in [0.29, 0.717) is 12.1 Å². The predicted octanol–water partition coefficient (Wildman–Crippen LogP) is 2.86. The fraction of sp³-hybridized carbons (Fsp3) is 0.308. The van der Waals surface area contributed by atoms with Crippen LogP contribution in [0.3, 0.4) is 0 Å². The van der Waals surface area contributed by atoms with Crippen LogP contribution in [-0.4, -0.2) is 18.7 Å². The van der Waals surface area contributed by atoms with E-state index >= 15 is 0 Å². The molecule has 0 heterocycles. The van der Waals surface area contributed by atoms with E-state index < -0.39 is 0 Å². The zero-order valence-electron chi connectivity index (χ0n) is 9.53. The molecule has 1 N–H and O–H groups in total. The molecule has 3 heteroatoms. The summed E-state index contributed by atoms with van der Waals surface area (Å²) in [6, 6.07) is 7.74. The number of benzene rings is 1. The second-order valence-corrected chi connectivity index (χ2v) is 4.33. The molecule has 0 bridgehead atoms. The SMILES string of the molecule is C=CCCNC(=O)c1ccc(CSC)cc1. The third-order valence-electron chi connectivity index (χ3n) is 2.16. The lowest BCUT2D eigenvalue weighted by atomic mass is 10.1. The standard InChI is InChI=1S/C13H17NOS/c1-3-4-9-14-13(15)12-7-5-11(6-8-12)10-16-2/h3,5-8H,1,4,9-10H2,2H3,(H,14,15). The quantitative estimate of drug-likeness (QED) is 0.607. The van der Waals surface area contributed by atoms with Crippen LogP contribution in [0.25, 0.3) is 0 Å². The number of carbonyl (C=O) groups is 1. The number of hydrogen-bond donors (Lipinski definition) is 1. The molecule has 0 radical (unpaired) electrons. The first kappa shape index (κ1) is 12.8. The monoisotopic (exact) mass is 235 g/mol. The van der Waals surface area contributed by atoms with Crippen LogP contribution in [0.15, 0.2) is 36.9 Å². The Balaban J connectivity index is 2.52. The smallest absolute Gasteiger partial charge is 0.251 e. The van der Waals surface area contributed by atoms with Gasteiger partial charge in [0.05, 0.1) is 0 Å². The van der Waals surface area contributed by atoms with E-state index in [1.165, 1.54) is 5.56 Å². The number of hydrogen-bond acceptors (Lipinski definition) is 2. The van der Waals surface area contributed by atoms with Crippen molar-refractivity contribution < 1.29 is 4.79 Å². The number of rotatable bonds is 6. The zero-order valence-corrected chi connectivity index (χ0v) is 10.3. The molecule has 0 aliphatic carbocycles. The van der Waals surface area contributed by atoms with Gasteiger partial charge in [-0.05, 0) is 30.4 Å². The lowest BCUT2D eigenvalue weighted by Crippen LogP contribution is -2.23. The van der Waals surface area contributed by atoms with Crippen molar-refractivity contribution in [3.05, 3.63) is 48.0 Å². The van der Waals surface area contributed by atoms with E-state index in [9.17, 15) is 4.79 Å². The van der Waals surface area contributed by atoms with Gasteiger partial charge < -0.3 is 5.32 Å². The molecular formula is C13H17NOS. The summed E-state index contributed by atoms with van der Waals surface area (Å²) in [5.74, 6) is 0.968. The Hall–Kier alpha value is -1.22. The van der Waals surface area contributed by atoms with Crippen LogP contribution in [0.1, 0.15) is 22.3 Å². The first-order valence-electron chi connectivity index (χ1n) is 5.25. The van der Waals surface area contributed by atoms with Gasteiger partial charge in [-0.3, -0.25) is 4.79 Å². The van der Waals surface area contributed by atoms with Crippen molar-refractivity contribution in [3.8, 4) is 0 Å². The Morgan fingerprint density at radius 1 is 1.44 bits per heavy atom. The van der Waals surface area contributed by atoms with Crippen LogP contribution < -0.4 is 5.32 Å². The van der Waals surface area contributed by atoms with Gasteiger partial charge >= 0.3 is 0 Å². The molecule has 0 saturated carbocycles. The Kier molecular flexibility index (Phi) is 5.72. The highest BCUT2D eigenvalue weighted by Crippen LogP contribution is 2.10. The van der Waals surface area contributed by atoms with E-state index in [-0.39, 0.29) is 5.91 Å². The van der Waals surface area contributed by atoms with Crippen LogP contribution in [-0.2, 0) is 5.75 Å². The van der Waals surface area contributed by atoms with Gasteiger partial charge in [-0.15, -0.1) is 6.58 Å². The maximum Gasteiger partial charge on any atom is 0.251 e. The molecule has 1 aromatic rings. The van der Waals surface area contributed by atoms with Crippen molar-refractivity contribution >= 4 is 17.7 Å². The summed E-state index contributed by atoms with van der Waals surface area (Å²) in [5.41, 5.74) is 1.96. The van der Waals surface area contributed by atoms with Crippen LogP contribution in [0.5, 0.6) is 0 Å². The highest BCUT2D eigenvalue weighted by Gasteiger charge is 2.03. The van der Waals surface area contributed by atoms with Crippen molar-refractivity contribution in [2.75, 3.05) is 12.8 Å². The van der Waals surface area contributed by atoms with Crippen molar-refractivity contribution in [3.63, 3.8) is 0 Å². The highest BCUT2D eigenvalue weighted by atomic mass is 32.2. The lowest BCUT2D eigenvalue weighted by Gasteiger charge is -2.04. The molecule has 86 valence electrons. The third-order valence-corrected chi connectivity index (χ3v) is 2.78. The molecule has 1 amide bonds. The second kappa shape index (κ2) is 7.12. The maximum atomic E-state index is 11.6. The number of nitrogens with one attached hydrogen (secondary N) is 1. The van der Waals surface area contributed by atoms with Crippen molar-refractivity contribution in [1.29, 1.82) is 0 Å². The summed E-state index contributed by atoms with van der Waals surface area (Å²) in [4.78, 5) is 11.6. The molecule has 0 spiro atoms. The molecule has 2 nitrogen and oxygen atoms in total. The van der Waals surface area contributed by atoms with Gasteiger partial charge in [0, 0.05) is 17.9 Å². The van der Waals surface area contributed by atoms with Gasteiger partial charge in [-0.25, -0.2) is 0 Å². The summed E-state index contributed by atoms with van der Waals surface area (Å²) in [7, 11) is 0. The Labute approximate surface area is 101 Å². The minimum atomic E-state index is -0.0162. The molecule has 1 rings (SSSR count). The number of thioether (sulfide) groups is 1. The molecular weight excluding hydrogens is 218 g/mol. The second-order valence-electron chi connectivity index (χ2n) is 3.46. The molecule has 0 atom stereocenters. The molecule has 0 aromatic heterocycles. The first-order valence-corrected chi connectivity index (χ1v) is 6.64. The highest BCUT2D eigenvalue weighted by molar-refractivity contribution is 7.97. The van der Waals surface area contributed by atoms with Crippen LogP contribution in [0.4, 0.5) is 0 Å². The molecule has 0 saturated heterocycles. The minimum Gasteiger partial charge on any atom is -0.352 e.